The summed E-state index contributed by atoms with van der Waals surface area (Å²) >= 11 is 0. The van der Waals surface area contributed by atoms with Crippen molar-refractivity contribution in [3.8, 4) is 0 Å². The fourth-order valence-electron chi connectivity index (χ4n) is 3.67. The third-order valence-electron chi connectivity index (χ3n) is 4.94. The number of carbonyl (C=O) groups is 1. The van der Waals surface area contributed by atoms with Crippen LogP contribution >= 0.6 is 0 Å². The van der Waals surface area contributed by atoms with E-state index < -0.39 is 0 Å². The van der Waals surface area contributed by atoms with E-state index in [0.717, 1.165) is 38.5 Å². The lowest BCUT2D eigenvalue weighted by atomic mass is 9.74. The van der Waals surface area contributed by atoms with Gasteiger partial charge in [0.15, 0.2) is 0 Å². The molecule has 0 saturated heterocycles. The maximum absolute atomic E-state index is 11.5. The summed E-state index contributed by atoms with van der Waals surface area (Å²) in [6.07, 6.45) is 5.95. The van der Waals surface area contributed by atoms with E-state index in [-0.39, 0.29) is 0 Å². The van der Waals surface area contributed by atoms with Crippen LogP contribution in [0.5, 0.6) is 0 Å². The fourth-order valence-corrected chi connectivity index (χ4v) is 3.67. The van der Waals surface area contributed by atoms with Crippen LogP contribution in [0, 0.1) is 11.8 Å². The summed E-state index contributed by atoms with van der Waals surface area (Å²) in [5.74, 6) is 1.77. The maximum Gasteiger partial charge on any atom is 0.132 e. The van der Waals surface area contributed by atoms with Gasteiger partial charge in [0.2, 0.25) is 0 Å². The molecule has 22 heavy (non-hydrogen) atoms. The summed E-state index contributed by atoms with van der Waals surface area (Å²) in [6.45, 7) is 0. The number of rotatable bonds is 5. The van der Waals surface area contributed by atoms with E-state index >= 15 is 0 Å². The first-order valence-corrected chi connectivity index (χ1v) is 8.41. The summed E-state index contributed by atoms with van der Waals surface area (Å²) in [4.78, 5) is 11.5. The Morgan fingerprint density at radius 2 is 1.23 bits per heavy atom. The number of Topliss-reactive ketones (excluding diaryl/α,β-unsaturated/α-hetero) is 1. The Labute approximate surface area is 133 Å². The SMILES string of the molecule is O=C1CCC(C(Cc2ccccc2)Cc2ccccc2)CC1. The van der Waals surface area contributed by atoms with Gasteiger partial charge < -0.3 is 0 Å². The van der Waals surface area contributed by atoms with E-state index in [4.69, 9.17) is 0 Å². The molecule has 1 aliphatic rings. The standard InChI is InChI=1S/C21H24O/c22-21-13-11-19(12-14-21)20(15-17-7-3-1-4-8-17)16-18-9-5-2-6-10-18/h1-10,19-20H,11-16H2. The molecule has 2 aromatic rings. The summed E-state index contributed by atoms with van der Waals surface area (Å²) < 4.78 is 0. The Balaban J connectivity index is 1.74. The van der Waals surface area contributed by atoms with E-state index in [2.05, 4.69) is 60.7 Å². The zero-order valence-electron chi connectivity index (χ0n) is 13.1. The molecule has 0 aromatic heterocycles. The van der Waals surface area contributed by atoms with Gasteiger partial charge in [0.05, 0.1) is 0 Å². The molecule has 1 aliphatic carbocycles. The number of hydrogen-bond acceptors (Lipinski definition) is 1. The molecule has 1 fully saturated rings. The van der Waals surface area contributed by atoms with Crippen molar-refractivity contribution < 1.29 is 4.79 Å². The Kier molecular flexibility index (Phi) is 5.05. The number of hydrogen-bond donors (Lipinski definition) is 0. The number of ketones is 1. The summed E-state index contributed by atoms with van der Waals surface area (Å²) in [5.41, 5.74) is 2.83. The molecule has 1 nitrogen and oxygen atoms in total. The highest BCUT2D eigenvalue weighted by Crippen LogP contribution is 2.32. The molecule has 0 unspecified atom stereocenters. The van der Waals surface area contributed by atoms with E-state index in [0.29, 0.717) is 17.6 Å². The van der Waals surface area contributed by atoms with E-state index in [9.17, 15) is 4.79 Å². The van der Waals surface area contributed by atoms with Crippen LogP contribution in [-0.2, 0) is 17.6 Å². The Morgan fingerprint density at radius 1 is 0.773 bits per heavy atom. The van der Waals surface area contributed by atoms with Crippen molar-refractivity contribution >= 4 is 5.78 Å². The van der Waals surface area contributed by atoms with Gasteiger partial charge in [-0.1, -0.05) is 60.7 Å². The van der Waals surface area contributed by atoms with Gasteiger partial charge in [-0.2, -0.15) is 0 Å². The highest BCUT2D eigenvalue weighted by atomic mass is 16.1. The predicted molar refractivity (Wildman–Crippen MR) is 90.7 cm³/mol. The van der Waals surface area contributed by atoms with Crippen LogP contribution in [0.4, 0.5) is 0 Å². The van der Waals surface area contributed by atoms with Crippen molar-refractivity contribution in [2.75, 3.05) is 0 Å². The molecule has 1 saturated carbocycles. The fraction of sp³-hybridized carbons (Fsp3) is 0.381. The van der Waals surface area contributed by atoms with Gasteiger partial charge in [-0.15, -0.1) is 0 Å². The molecule has 0 radical (unpaired) electrons. The van der Waals surface area contributed by atoms with Gasteiger partial charge in [0.25, 0.3) is 0 Å². The lowest BCUT2D eigenvalue weighted by Crippen LogP contribution is -2.25. The van der Waals surface area contributed by atoms with Crippen LogP contribution in [0.3, 0.4) is 0 Å². The summed E-state index contributed by atoms with van der Waals surface area (Å²) in [6, 6.07) is 21.6. The average Bonchev–Trinajstić information content (AvgIpc) is 2.57. The topological polar surface area (TPSA) is 17.1 Å². The average molecular weight is 292 g/mol. The maximum atomic E-state index is 11.5. The van der Waals surface area contributed by atoms with Crippen LogP contribution < -0.4 is 0 Å². The minimum absolute atomic E-state index is 0.453. The largest absolute Gasteiger partial charge is 0.300 e. The normalized spacial score (nSPS) is 16.1. The van der Waals surface area contributed by atoms with Gasteiger partial charge in [0.1, 0.15) is 5.78 Å². The summed E-state index contributed by atoms with van der Waals surface area (Å²) in [7, 11) is 0. The van der Waals surface area contributed by atoms with Gasteiger partial charge in [-0.25, -0.2) is 0 Å². The summed E-state index contributed by atoms with van der Waals surface area (Å²) in [5, 5.41) is 0. The smallest absolute Gasteiger partial charge is 0.132 e. The molecule has 0 N–H and O–H groups in total. The highest BCUT2D eigenvalue weighted by molar-refractivity contribution is 5.79. The van der Waals surface area contributed by atoms with E-state index in [1.807, 2.05) is 0 Å². The first-order chi connectivity index (χ1) is 10.8. The second-order valence-electron chi connectivity index (χ2n) is 6.52. The molecule has 1 heteroatoms. The molecule has 2 aromatic carbocycles. The van der Waals surface area contributed by atoms with Crippen LogP contribution in [0.15, 0.2) is 60.7 Å². The van der Waals surface area contributed by atoms with Gasteiger partial charge >= 0.3 is 0 Å². The molecular weight excluding hydrogens is 268 g/mol. The molecule has 0 atom stereocenters. The lowest BCUT2D eigenvalue weighted by molar-refractivity contribution is -0.121. The van der Waals surface area contributed by atoms with E-state index in [1.165, 1.54) is 11.1 Å². The van der Waals surface area contributed by atoms with Crippen molar-refractivity contribution in [2.45, 2.75) is 38.5 Å². The van der Waals surface area contributed by atoms with Crippen molar-refractivity contribution in [2.24, 2.45) is 11.8 Å². The molecule has 0 aliphatic heterocycles. The second kappa shape index (κ2) is 7.40. The Hall–Kier alpha value is -1.89. The molecule has 3 rings (SSSR count). The highest BCUT2D eigenvalue weighted by Gasteiger charge is 2.26. The molecular formula is C21H24O. The third kappa shape index (κ3) is 4.07. The third-order valence-corrected chi connectivity index (χ3v) is 4.94. The van der Waals surface area contributed by atoms with Crippen molar-refractivity contribution in [1.82, 2.24) is 0 Å². The van der Waals surface area contributed by atoms with Crippen molar-refractivity contribution in [3.63, 3.8) is 0 Å². The van der Waals surface area contributed by atoms with Gasteiger partial charge in [0, 0.05) is 12.8 Å². The predicted octanol–water partition coefficient (Wildman–Crippen LogP) is 4.85. The minimum atomic E-state index is 0.453. The number of benzene rings is 2. The molecule has 114 valence electrons. The number of carbonyl (C=O) groups excluding carboxylic acids is 1. The Bertz CT molecular complexity index is 536. The molecule has 0 bridgehead atoms. The lowest BCUT2D eigenvalue weighted by Gasteiger charge is -2.30. The quantitative estimate of drug-likeness (QED) is 0.770. The van der Waals surface area contributed by atoms with Crippen LogP contribution in [0.25, 0.3) is 0 Å². The van der Waals surface area contributed by atoms with E-state index in [1.54, 1.807) is 0 Å². The minimum Gasteiger partial charge on any atom is -0.300 e. The first kappa shape index (κ1) is 15.0. The van der Waals surface area contributed by atoms with Gasteiger partial charge in [-0.05, 0) is 48.6 Å². The molecule has 0 heterocycles. The second-order valence-corrected chi connectivity index (χ2v) is 6.52. The van der Waals surface area contributed by atoms with Gasteiger partial charge in [-0.3, -0.25) is 4.79 Å². The van der Waals surface area contributed by atoms with Crippen molar-refractivity contribution in [1.29, 1.82) is 0 Å². The Morgan fingerprint density at radius 3 is 1.68 bits per heavy atom. The van der Waals surface area contributed by atoms with Crippen LogP contribution in [0.1, 0.15) is 36.8 Å². The van der Waals surface area contributed by atoms with Crippen molar-refractivity contribution in [3.05, 3.63) is 71.8 Å². The first-order valence-electron chi connectivity index (χ1n) is 8.41. The van der Waals surface area contributed by atoms with Crippen LogP contribution in [0.2, 0.25) is 0 Å². The monoisotopic (exact) mass is 292 g/mol. The van der Waals surface area contributed by atoms with Crippen LogP contribution in [-0.4, -0.2) is 5.78 Å². The molecule has 0 amide bonds. The zero-order chi connectivity index (χ0) is 15.2. The molecule has 0 spiro atoms. The zero-order valence-corrected chi connectivity index (χ0v) is 13.1.